The summed E-state index contributed by atoms with van der Waals surface area (Å²) in [5, 5.41) is 11.1. The number of hydrogen-bond acceptors (Lipinski definition) is 5. The van der Waals surface area contributed by atoms with Gasteiger partial charge < -0.3 is 10.1 Å². The zero-order valence-electron chi connectivity index (χ0n) is 14.1. The second-order valence-electron chi connectivity index (χ2n) is 5.88. The van der Waals surface area contributed by atoms with Gasteiger partial charge in [0, 0.05) is 0 Å². The Morgan fingerprint density at radius 3 is 2.28 bits per heavy atom. The van der Waals surface area contributed by atoms with Crippen LogP contribution < -0.4 is 10.1 Å². The van der Waals surface area contributed by atoms with Crippen LogP contribution in [0.4, 0.5) is 0 Å². The molecule has 1 fully saturated rings. The first-order valence-electron chi connectivity index (χ1n) is 8.02. The van der Waals surface area contributed by atoms with Gasteiger partial charge in [-0.25, -0.2) is 0 Å². The zero-order valence-corrected chi connectivity index (χ0v) is 14.9. The van der Waals surface area contributed by atoms with Crippen molar-refractivity contribution in [2.45, 2.75) is 19.8 Å². The quantitative estimate of drug-likeness (QED) is 0.648. The van der Waals surface area contributed by atoms with Gasteiger partial charge in [0.1, 0.15) is 11.5 Å². The average molecular weight is 353 g/mol. The fraction of sp³-hybridized carbons (Fsp3) is 0.211. The molecule has 0 unspecified atom stereocenters. The van der Waals surface area contributed by atoms with Crippen molar-refractivity contribution in [2.24, 2.45) is 10.2 Å². The molecule has 0 aliphatic carbocycles. The highest BCUT2D eigenvalue weighted by molar-refractivity contribution is 8.15. The van der Waals surface area contributed by atoms with E-state index in [1.807, 2.05) is 36.4 Å². The molecule has 5 nitrogen and oxygen atoms in total. The van der Waals surface area contributed by atoms with E-state index >= 15 is 0 Å². The van der Waals surface area contributed by atoms with Gasteiger partial charge in [-0.3, -0.25) is 4.79 Å². The van der Waals surface area contributed by atoms with E-state index in [4.69, 9.17) is 4.74 Å². The van der Waals surface area contributed by atoms with E-state index in [2.05, 4.69) is 41.5 Å². The Morgan fingerprint density at radius 1 is 1.08 bits per heavy atom. The molecule has 6 heteroatoms. The number of carbonyl (C=O) groups excluding carboxylic acids is 1. The Morgan fingerprint density at radius 2 is 1.72 bits per heavy atom. The highest BCUT2D eigenvalue weighted by Crippen LogP contribution is 2.24. The van der Waals surface area contributed by atoms with Gasteiger partial charge in [-0.15, -0.1) is 5.10 Å². The lowest BCUT2D eigenvalue weighted by Crippen LogP contribution is -2.19. The van der Waals surface area contributed by atoms with Gasteiger partial charge in [0.15, 0.2) is 5.17 Å². The van der Waals surface area contributed by atoms with Gasteiger partial charge in [-0.2, -0.15) is 5.10 Å². The predicted molar refractivity (Wildman–Crippen MR) is 103 cm³/mol. The maximum atomic E-state index is 11.0. The van der Waals surface area contributed by atoms with Gasteiger partial charge >= 0.3 is 0 Å². The lowest BCUT2D eigenvalue weighted by atomic mass is 10.0. The lowest BCUT2D eigenvalue weighted by Gasteiger charge is -2.08. The standard InChI is InChI=1S/C19H19N3O2S/c1-13(2)15-5-9-17(10-6-15)24-16-7-3-14(4-8-16)11-20-22-19-21-18(23)12-25-19/h3-11,13H,12H2,1-2H3,(H,21,22,23). The van der Waals surface area contributed by atoms with Crippen LogP contribution in [0.2, 0.25) is 0 Å². The highest BCUT2D eigenvalue weighted by atomic mass is 32.2. The van der Waals surface area contributed by atoms with Crippen LogP contribution in [0, 0.1) is 0 Å². The molecule has 0 bridgehead atoms. The van der Waals surface area contributed by atoms with Gasteiger partial charge in [-0.05, 0) is 53.4 Å². The fourth-order valence-electron chi connectivity index (χ4n) is 2.21. The van der Waals surface area contributed by atoms with Crippen molar-refractivity contribution in [1.29, 1.82) is 0 Å². The van der Waals surface area contributed by atoms with Crippen LogP contribution in [0.15, 0.2) is 58.7 Å². The minimum Gasteiger partial charge on any atom is -0.457 e. The summed E-state index contributed by atoms with van der Waals surface area (Å²) in [4.78, 5) is 11.0. The summed E-state index contributed by atoms with van der Waals surface area (Å²) in [5.74, 6) is 2.44. The van der Waals surface area contributed by atoms with Gasteiger partial charge in [0.05, 0.1) is 12.0 Å². The molecule has 1 amide bonds. The topological polar surface area (TPSA) is 63.1 Å². The molecule has 1 saturated heterocycles. The van der Waals surface area contributed by atoms with Gasteiger partial charge in [-0.1, -0.05) is 37.7 Å². The third kappa shape index (κ3) is 4.93. The summed E-state index contributed by atoms with van der Waals surface area (Å²) < 4.78 is 5.84. The summed E-state index contributed by atoms with van der Waals surface area (Å²) in [6, 6.07) is 15.7. The first-order valence-corrected chi connectivity index (χ1v) is 9.00. The Labute approximate surface area is 151 Å². The molecule has 1 heterocycles. The molecule has 0 radical (unpaired) electrons. The molecule has 1 aliphatic heterocycles. The number of amides is 1. The molecule has 25 heavy (non-hydrogen) atoms. The largest absolute Gasteiger partial charge is 0.457 e. The summed E-state index contributed by atoms with van der Waals surface area (Å²) >= 11 is 1.35. The third-order valence-electron chi connectivity index (χ3n) is 3.60. The van der Waals surface area contributed by atoms with Crippen molar-refractivity contribution in [3.05, 3.63) is 59.7 Å². The Hall–Kier alpha value is -2.60. The summed E-state index contributed by atoms with van der Waals surface area (Å²) in [6.45, 7) is 4.33. The van der Waals surface area contributed by atoms with Crippen LogP contribution in [-0.4, -0.2) is 23.0 Å². The minimum atomic E-state index is -0.0399. The number of hydrogen-bond donors (Lipinski definition) is 1. The Bertz CT molecular complexity index is 796. The maximum absolute atomic E-state index is 11.0. The maximum Gasteiger partial charge on any atom is 0.236 e. The number of nitrogens with zero attached hydrogens (tertiary/aromatic N) is 2. The molecular weight excluding hydrogens is 334 g/mol. The number of amidine groups is 1. The van der Waals surface area contributed by atoms with E-state index in [-0.39, 0.29) is 5.91 Å². The first-order chi connectivity index (χ1) is 12.1. The predicted octanol–water partition coefficient (Wildman–Crippen LogP) is 4.16. The third-order valence-corrected chi connectivity index (χ3v) is 4.47. The molecular formula is C19H19N3O2S. The van der Waals surface area contributed by atoms with Crippen LogP contribution in [0.25, 0.3) is 0 Å². The molecule has 0 aromatic heterocycles. The number of benzene rings is 2. The summed E-state index contributed by atoms with van der Waals surface area (Å²) in [7, 11) is 0. The number of rotatable bonds is 5. The van der Waals surface area contributed by atoms with E-state index in [0.717, 1.165) is 17.1 Å². The van der Waals surface area contributed by atoms with Crippen molar-refractivity contribution >= 4 is 29.1 Å². The number of thioether (sulfide) groups is 1. The molecule has 0 saturated carbocycles. The van der Waals surface area contributed by atoms with Crippen molar-refractivity contribution in [1.82, 2.24) is 5.32 Å². The summed E-state index contributed by atoms with van der Waals surface area (Å²) in [5.41, 5.74) is 2.19. The normalized spacial score (nSPS) is 16.0. The molecule has 1 N–H and O–H groups in total. The van der Waals surface area contributed by atoms with Crippen molar-refractivity contribution < 1.29 is 9.53 Å². The lowest BCUT2D eigenvalue weighted by molar-refractivity contribution is -0.116. The van der Waals surface area contributed by atoms with E-state index in [1.165, 1.54) is 17.3 Å². The van der Waals surface area contributed by atoms with Crippen molar-refractivity contribution in [3.63, 3.8) is 0 Å². The SMILES string of the molecule is CC(C)c1ccc(Oc2ccc(C=NN=C3NC(=O)CS3)cc2)cc1. The van der Waals surface area contributed by atoms with Gasteiger partial charge in [0.2, 0.25) is 5.91 Å². The Kier molecular flexibility index (Phi) is 5.50. The van der Waals surface area contributed by atoms with Crippen LogP contribution in [0.3, 0.4) is 0 Å². The second-order valence-corrected chi connectivity index (χ2v) is 6.85. The second kappa shape index (κ2) is 7.98. The molecule has 2 aromatic rings. The summed E-state index contributed by atoms with van der Waals surface area (Å²) in [6.07, 6.45) is 1.64. The number of ether oxygens (including phenoxy) is 1. The highest BCUT2D eigenvalue weighted by Gasteiger charge is 2.15. The first kappa shape index (κ1) is 17.2. The molecule has 1 aliphatic rings. The molecule has 128 valence electrons. The van der Waals surface area contributed by atoms with Crippen molar-refractivity contribution in [3.8, 4) is 11.5 Å². The molecule has 0 spiro atoms. The average Bonchev–Trinajstić information content (AvgIpc) is 3.02. The zero-order chi connectivity index (χ0) is 17.6. The smallest absolute Gasteiger partial charge is 0.236 e. The van der Waals surface area contributed by atoms with Crippen LogP contribution in [0.5, 0.6) is 11.5 Å². The number of nitrogens with one attached hydrogen (secondary N) is 1. The Balaban J connectivity index is 1.59. The molecule has 2 aromatic carbocycles. The van der Waals surface area contributed by atoms with E-state index < -0.39 is 0 Å². The van der Waals surface area contributed by atoms with E-state index in [9.17, 15) is 4.79 Å². The fourth-order valence-corrected chi connectivity index (χ4v) is 2.84. The van der Waals surface area contributed by atoms with E-state index in [0.29, 0.717) is 16.8 Å². The van der Waals surface area contributed by atoms with Crippen molar-refractivity contribution in [2.75, 3.05) is 5.75 Å². The molecule has 3 rings (SSSR count). The van der Waals surface area contributed by atoms with Crippen LogP contribution >= 0.6 is 11.8 Å². The van der Waals surface area contributed by atoms with Gasteiger partial charge in [0.25, 0.3) is 0 Å². The minimum absolute atomic E-state index is 0.0399. The number of carbonyl (C=O) groups is 1. The van der Waals surface area contributed by atoms with Crippen LogP contribution in [-0.2, 0) is 4.79 Å². The van der Waals surface area contributed by atoms with E-state index in [1.54, 1.807) is 6.21 Å². The van der Waals surface area contributed by atoms with Crippen LogP contribution in [0.1, 0.15) is 30.9 Å². The monoisotopic (exact) mass is 353 g/mol. The molecule has 0 atom stereocenters.